The van der Waals surface area contributed by atoms with Gasteiger partial charge in [-0.2, -0.15) is 5.21 Å². The number of nitrogens with one attached hydrogen (secondary N) is 2. The molecule has 0 aliphatic carbocycles. The van der Waals surface area contributed by atoms with Crippen LogP contribution < -0.4 is 10.9 Å². The summed E-state index contributed by atoms with van der Waals surface area (Å²) in [5.74, 6) is 0.0938. The minimum Gasteiger partial charge on any atom is -0.448 e. The van der Waals surface area contributed by atoms with Gasteiger partial charge in [0.1, 0.15) is 17.6 Å². The van der Waals surface area contributed by atoms with Gasteiger partial charge in [-0.1, -0.05) is 12.1 Å². The maximum atomic E-state index is 12.7. The number of amides is 1. The molecule has 2 N–H and O–H groups in total. The maximum Gasteiger partial charge on any atom is 0.297 e. The Kier molecular flexibility index (Phi) is 3.87. The summed E-state index contributed by atoms with van der Waals surface area (Å²) in [5.41, 5.74) is 2.12. The van der Waals surface area contributed by atoms with Crippen LogP contribution in [0.15, 0.2) is 64.1 Å². The molecule has 0 aliphatic heterocycles. The third kappa shape index (κ3) is 3.02. The summed E-state index contributed by atoms with van der Waals surface area (Å²) < 4.78 is 6.84. The van der Waals surface area contributed by atoms with Gasteiger partial charge in [0.25, 0.3) is 5.56 Å². The summed E-state index contributed by atoms with van der Waals surface area (Å²) in [6.45, 7) is -0.189. The lowest BCUT2D eigenvalue weighted by molar-refractivity contribution is -0.116. The number of aromatic nitrogens is 6. The molecule has 5 rings (SSSR count). The number of fused-ring (bicyclic) bond motifs is 3. The maximum absolute atomic E-state index is 12.7. The summed E-state index contributed by atoms with van der Waals surface area (Å²) in [7, 11) is 0. The van der Waals surface area contributed by atoms with Crippen LogP contribution >= 0.6 is 0 Å². The molecule has 0 aliphatic rings. The van der Waals surface area contributed by atoms with Crippen molar-refractivity contribution >= 4 is 33.7 Å². The lowest BCUT2D eigenvalue weighted by Gasteiger charge is -2.07. The molecule has 5 aromatic rings. The Morgan fingerprint density at radius 1 is 1.14 bits per heavy atom. The van der Waals surface area contributed by atoms with E-state index in [0.717, 1.165) is 10.9 Å². The minimum atomic E-state index is -0.409. The summed E-state index contributed by atoms with van der Waals surface area (Å²) in [6, 6.07) is 14.2. The monoisotopic (exact) mass is 387 g/mol. The lowest BCUT2D eigenvalue weighted by atomic mass is 10.2. The van der Waals surface area contributed by atoms with Crippen molar-refractivity contribution in [2.45, 2.75) is 6.54 Å². The largest absolute Gasteiger partial charge is 0.448 e. The van der Waals surface area contributed by atoms with E-state index in [-0.39, 0.29) is 18.0 Å². The van der Waals surface area contributed by atoms with Gasteiger partial charge in [0, 0.05) is 16.6 Å². The molecule has 0 fully saturated rings. The number of H-pyrrole nitrogens is 1. The zero-order chi connectivity index (χ0) is 19.8. The second-order valence-electron chi connectivity index (χ2n) is 6.31. The van der Waals surface area contributed by atoms with Crippen LogP contribution in [-0.4, -0.2) is 36.1 Å². The summed E-state index contributed by atoms with van der Waals surface area (Å²) in [4.78, 5) is 29.4. The fourth-order valence-electron chi connectivity index (χ4n) is 3.07. The quantitative estimate of drug-likeness (QED) is 0.482. The summed E-state index contributed by atoms with van der Waals surface area (Å²) >= 11 is 0. The van der Waals surface area contributed by atoms with E-state index in [9.17, 15) is 9.59 Å². The van der Waals surface area contributed by atoms with E-state index < -0.39 is 5.56 Å². The number of hydrogen-bond donors (Lipinski definition) is 2. The normalized spacial score (nSPS) is 11.2. The average molecular weight is 387 g/mol. The van der Waals surface area contributed by atoms with Crippen LogP contribution in [0.4, 0.5) is 5.69 Å². The van der Waals surface area contributed by atoms with E-state index in [1.807, 2.05) is 18.2 Å². The van der Waals surface area contributed by atoms with Crippen molar-refractivity contribution in [3.63, 3.8) is 0 Å². The van der Waals surface area contributed by atoms with Gasteiger partial charge in [-0.15, -0.1) is 10.2 Å². The number of benzene rings is 2. The van der Waals surface area contributed by atoms with E-state index in [0.29, 0.717) is 22.6 Å². The number of para-hydroxylation sites is 1. The first kappa shape index (κ1) is 16.8. The molecule has 29 heavy (non-hydrogen) atoms. The second kappa shape index (κ2) is 6.68. The highest BCUT2D eigenvalue weighted by molar-refractivity contribution is 6.01. The highest BCUT2D eigenvalue weighted by atomic mass is 16.3. The van der Waals surface area contributed by atoms with Crippen molar-refractivity contribution < 1.29 is 9.21 Å². The number of anilines is 1. The van der Waals surface area contributed by atoms with E-state index in [4.69, 9.17) is 4.42 Å². The molecule has 1 amide bonds. The molecule has 142 valence electrons. The molecule has 0 atom stereocenters. The van der Waals surface area contributed by atoms with E-state index in [2.05, 4.69) is 30.9 Å². The van der Waals surface area contributed by atoms with Crippen LogP contribution in [0, 0.1) is 0 Å². The molecule has 3 aromatic heterocycles. The number of aromatic amines is 1. The van der Waals surface area contributed by atoms with Crippen molar-refractivity contribution in [3.05, 3.63) is 65.2 Å². The average Bonchev–Trinajstić information content (AvgIpc) is 3.39. The van der Waals surface area contributed by atoms with Gasteiger partial charge in [-0.25, -0.2) is 4.98 Å². The van der Waals surface area contributed by atoms with Gasteiger partial charge in [-0.3, -0.25) is 14.2 Å². The molecule has 2 aromatic carbocycles. The third-order valence-corrected chi connectivity index (χ3v) is 4.44. The van der Waals surface area contributed by atoms with Gasteiger partial charge < -0.3 is 9.73 Å². The SMILES string of the molecule is O=C(Cn1cnc2c(oc3ccccc32)c1=O)Nc1ccc(-c2nn[nH]n2)cc1. The zero-order valence-electron chi connectivity index (χ0n) is 14.9. The van der Waals surface area contributed by atoms with Crippen LogP contribution in [0.2, 0.25) is 0 Å². The molecule has 10 heteroatoms. The minimum absolute atomic E-state index is 0.131. The highest BCUT2D eigenvalue weighted by Crippen LogP contribution is 2.24. The molecule has 3 heterocycles. The Morgan fingerprint density at radius 3 is 2.76 bits per heavy atom. The molecule has 0 bridgehead atoms. The van der Waals surface area contributed by atoms with Crippen molar-refractivity contribution in [1.82, 2.24) is 30.2 Å². The van der Waals surface area contributed by atoms with Gasteiger partial charge in [0.2, 0.25) is 17.3 Å². The predicted octanol–water partition coefficient (Wildman–Crippen LogP) is 1.96. The Bertz CT molecular complexity index is 1390. The molecule has 0 saturated carbocycles. The van der Waals surface area contributed by atoms with Crippen molar-refractivity contribution in [3.8, 4) is 11.4 Å². The fourth-order valence-corrected chi connectivity index (χ4v) is 3.07. The number of tetrazole rings is 1. The number of carbonyl (C=O) groups is 1. The van der Waals surface area contributed by atoms with Crippen molar-refractivity contribution in [2.24, 2.45) is 0 Å². The van der Waals surface area contributed by atoms with Crippen LogP contribution in [0.25, 0.3) is 33.5 Å². The van der Waals surface area contributed by atoms with Crippen molar-refractivity contribution in [1.29, 1.82) is 0 Å². The molecule has 0 radical (unpaired) electrons. The number of rotatable bonds is 4. The smallest absolute Gasteiger partial charge is 0.297 e. The molecule has 10 nitrogen and oxygen atoms in total. The van der Waals surface area contributed by atoms with Crippen LogP contribution in [0.1, 0.15) is 0 Å². The van der Waals surface area contributed by atoms with Crippen LogP contribution in [0.5, 0.6) is 0 Å². The number of furan rings is 1. The Hall–Kier alpha value is -4.34. The Morgan fingerprint density at radius 2 is 1.97 bits per heavy atom. The number of hydrogen-bond acceptors (Lipinski definition) is 7. The van der Waals surface area contributed by atoms with Gasteiger partial charge in [-0.05, 0) is 41.6 Å². The topological polar surface area (TPSA) is 132 Å². The molecule has 0 saturated heterocycles. The fraction of sp³-hybridized carbons (Fsp3) is 0.0526. The summed E-state index contributed by atoms with van der Waals surface area (Å²) in [6.07, 6.45) is 1.35. The van der Waals surface area contributed by atoms with Crippen LogP contribution in [0.3, 0.4) is 0 Å². The first-order valence-electron chi connectivity index (χ1n) is 8.69. The first-order valence-corrected chi connectivity index (χ1v) is 8.69. The first-order chi connectivity index (χ1) is 14.2. The number of carbonyl (C=O) groups excluding carboxylic acids is 1. The van der Waals surface area contributed by atoms with Gasteiger partial charge in [0.05, 0.1) is 6.33 Å². The molecule has 0 spiro atoms. The standard InChI is InChI=1S/C19H13N7O3/c27-15(21-12-7-5-11(6-8-12)18-22-24-25-23-18)9-26-10-20-16-13-3-1-2-4-14(13)29-17(16)19(26)28/h1-8,10H,9H2,(H,21,27)(H,22,23,24,25). The Balaban J connectivity index is 1.36. The predicted molar refractivity (Wildman–Crippen MR) is 104 cm³/mol. The second-order valence-corrected chi connectivity index (χ2v) is 6.31. The number of nitrogens with zero attached hydrogens (tertiary/aromatic N) is 5. The van der Waals surface area contributed by atoms with E-state index in [1.54, 1.807) is 30.3 Å². The van der Waals surface area contributed by atoms with Crippen molar-refractivity contribution in [2.75, 3.05) is 5.32 Å². The van der Waals surface area contributed by atoms with E-state index in [1.165, 1.54) is 10.9 Å². The van der Waals surface area contributed by atoms with Crippen LogP contribution in [-0.2, 0) is 11.3 Å². The van der Waals surface area contributed by atoms with E-state index >= 15 is 0 Å². The third-order valence-electron chi connectivity index (χ3n) is 4.44. The van der Waals surface area contributed by atoms with Gasteiger partial charge in [0.15, 0.2) is 0 Å². The summed E-state index contributed by atoms with van der Waals surface area (Å²) in [5, 5.41) is 17.2. The lowest BCUT2D eigenvalue weighted by Crippen LogP contribution is -2.27. The highest BCUT2D eigenvalue weighted by Gasteiger charge is 2.14. The Labute approximate surface area is 162 Å². The van der Waals surface area contributed by atoms with Gasteiger partial charge >= 0.3 is 0 Å². The molecule has 0 unspecified atom stereocenters. The molecular formula is C19H13N7O3. The molecular weight excluding hydrogens is 374 g/mol. The zero-order valence-corrected chi connectivity index (χ0v) is 14.9.